The van der Waals surface area contributed by atoms with Crippen molar-refractivity contribution in [3.05, 3.63) is 78.5 Å². The lowest BCUT2D eigenvalue weighted by molar-refractivity contribution is 0.902. The van der Waals surface area contributed by atoms with Gasteiger partial charge < -0.3 is 0 Å². The number of nitrogens with zero attached hydrogens (tertiary/aromatic N) is 2. The van der Waals surface area contributed by atoms with Crippen molar-refractivity contribution in [3.63, 3.8) is 0 Å². The third-order valence-electron chi connectivity index (χ3n) is 3.20. The molecule has 0 bridgehead atoms. The number of halogens is 1. The molecule has 0 unspecified atom stereocenters. The molecule has 0 aliphatic heterocycles. The topological polar surface area (TPSA) is 17.8 Å². The van der Waals surface area contributed by atoms with Crippen LogP contribution in [0.3, 0.4) is 0 Å². The molecule has 3 rings (SSSR count). The summed E-state index contributed by atoms with van der Waals surface area (Å²) in [4.78, 5) is 4.57. The van der Waals surface area contributed by atoms with Crippen molar-refractivity contribution in [2.24, 2.45) is 0 Å². The Balaban J connectivity index is 2.15. The number of hydrogen-bond donors (Lipinski definition) is 0. The number of aromatic nitrogens is 2. The average Bonchev–Trinajstić information content (AvgIpc) is 2.97. The predicted molar refractivity (Wildman–Crippen MR) is 94.9 cm³/mol. The zero-order chi connectivity index (χ0) is 15.4. The highest BCUT2D eigenvalue weighted by Gasteiger charge is 2.13. The average molecular weight is 327 g/mol. The molecule has 0 amide bonds. The third kappa shape index (κ3) is 3.11. The zero-order valence-corrected chi connectivity index (χ0v) is 13.5. The molecule has 2 aromatic carbocycles. The van der Waals surface area contributed by atoms with E-state index in [1.165, 1.54) is 0 Å². The standard InChI is InChI=1S/C18H15ClN2S/c1-2-11-22-18-20-13-17(14-7-4-3-5-8-14)21(18)16-10-6-9-15(19)12-16/h2-10,12-13H,1,11H2. The van der Waals surface area contributed by atoms with E-state index in [1.807, 2.05) is 54.7 Å². The summed E-state index contributed by atoms with van der Waals surface area (Å²) in [5, 5.41) is 1.64. The van der Waals surface area contributed by atoms with Crippen molar-refractivity contribution >= 4 is 23.4 Å². The Morgan fingerprint density at radius 1 is 1.14 bits per heavy atom. The molecular formula is C18H15ClN2S. The molecule has 0 saturated carbocycles. The van der Waals surface area contributed by atoms with Gasteiger partial charge in [-0.3, -0.25) is 4.57 Å². The molecule has 2 nitrogen and oxygen atoms in total. The molecule has 1 heterocycles. The van der Waals surface area contributed by atoms with Crippen LogP contribution >= 0.6 is 23.4 Å². The maximum Gasteiger partial charge on any atom is 0.173 e. The van der Waals surface area contributed by atoms with E-state index in [-0.39, 0.29) is 0 Å². The zero-order valence-electron chi connectivity index (χ0n) is 11.9. The molecule has 0 aliphatic carbocycles. The van der Waals surface area contributed by atoms with E-state index < -0.39 is 0 Å². The van der Waals surface area contributed by atoms with Gasteiger partial charge in [0.1, 0.15) is 0 Å². The summed E-state index contributed by atoms with van der Waals surface area (Å²) in [6, 6.07) is 18.1. The SMILES string of the molecule is C=CCSc1ncc(-c2ccccc2)n1-c1cccc(Cl)c1. The highest BCUT2D eigenvalue weighted by molar-refractivity contribution is 7.99. The summed E-state index contributed by atoms with van der Waals surface area (Å²) in [6.07, 6.45) is 3.78. The van der Waals surface area contributed by atoms with Crippen LogP contribution in [0.4, 0.5) is 0 Å². The Morgan fingerprint density at radius 2 is 1.95 bits per heavy atom. The third-order valence-corrected chi connectivity index (χ3v) is 4.38. The molecule has 4 heteroatoms. The van der Waals surface area contributed by atoms with Gasteiger partial charge in [0, 0.05) is 22.0 Å². The van der Waals surface area contributed by atoms with Crippen LogP contribution in [0.5, 0.6) is 0 Å². The van der Waals surface area contributed by atoms with Crippen molar-refractivity contribution in [3.8, 4) is 16.9 Å². The largest absolute Gasteiger partial charge is 0.287 e. The lowest BCUT2D eigenvalue weighted by atomic mass is 10.1. The van der Waals surface area contributed by atoms with Gasteiger partial charge in [0.2, 0.25) is 0 Å². The van der Waals surface area contributed by atoms with E-state index in [0.717, 1.165) is 27.9 Å². The molecule has 1 aromatic heterocycles. The molecule has 0 aliphatic rings. The fourth-order valence-electron chi connectivity index (χ4n) is 2.25. The van der Waals surface area contributed by atoms with Crippen LogP contribution in [-0.4, -0.2) is 15.3 Å². The van der Waals surface area contributed by atoms with Gasteiger partial charge >= 0.3 is 0 Å². The van der Waals surface area contributed by atoms with Crippen molar-refractivity contribution in [2.75, 3.05) is 5.75 Å². The van der Waals surface area contributed by atoms with E-state index in [0.29, 0.717) is 5.02 Å². The van der Waals surface area contributed by atoms with Crippen LogP contribution in [0.15, 0.2) is 78.6 Å². The predicted octanol–water partition coefficient (Wildman–Crippen LogP) is 5.47. The summed E-state index contributed by atoms with van der Waals surface area (Å²) in [7, 11) is 0. The summed E-state index contributed by atoms with van der Waals surface area (Å²) < 4.78 is 2.13. The first-order valence-corrected chi connectivity index (χ1v) is 8.29. The second-order valence-corrected chi connectivity index (χ2v) is 6.13. The van der Waals surface area contributed by atoms with E-state index in [4.69, 9.17) is 11.6 Å². The minimum absolute atomic E-state index is 0.713. The lowest BCUT2D eigenvalue weighted by Crippen LogP contribution is -1.99. The van der Waals surface area contributed by atoms with Gasteiger partial charge in [-0.15, -0.1) is 6.58 Å². The van der Waals surface area contributed by atoms with E-state index in [2.05, 4.69) is 28.3 Å². The van der Waals surface area contributed by atoms with Crippen LogP contribution < -0.4 is 0 Å². The number of rotatable bonds is 5. The van der Waals surface area contributed by atoms with Gasteiger partial charge in [0.15, 0.2) is 5.16 Å². The van der Waals surface area contributed by atoms with Gasteiger partial charge in [0.25, 0.3) is 0 Å². The first-order valence-electron chi connectivity index (χ1n) is 6.92. The first kappa shape index (κ1) is 14.9. The molecule has 0 saturated heterocycles. The van der Waals surface area contributed by atoms with Crippen LogP contribution in [0.25, 0.3) is 16.9 Å². The summed E-state index contributed by atoms with van der Waals surface area (Å²) >= 11 is 7.81. The normalized spacial score (nSPS) is 10.6. The molecule has 0 spiro atoms. The summed E-state index contributed by atoms with van der Waals surface area (Å²) in [6.45, 7) is 3.78. The van der Waals surface area contributed by atoms with Crippen molar-refractivity contribution in [1.29, 1.82) is 0 Å². The van der Waals surface area contributed by atoms with Gasteiger partial charge in [-0.25, -0.2) is 4.98 Å². The second kappa shape index (κ2) is 6.86. The van der Waals surface area contributed by atoms with Crippen molar-refractivity contribution in [2.45, 2.75) is 5.16 Å². The van der Waals surface area contributed by atoms with E-state index in [1.54, 1.807) is 11.8 Å². The Labute approximate surface area is 139 Å². The van der Waals surface area contributed by atoms with Crippen molar-refractivity contribution in [1.82, 2.24) is 9.55 Å². The minimum atomic E-state index is 0.713. The fourth-order valence-corrected chi connectivity index (χ4v) is 3.16. The van der Waals surface area contributed by atoms with Crippen LogP contribution in [0, 0.1) is 0 Å². The number of thioether (sulfide) groups is 1. The van der Waals surface area contributed by atoms with Crippen LogP contribution in [0.1, 0.15) is 0 Å². The van der Waals surface area contributed by atoms with Gasteiger partial charge in [-0.2, -0.15) is 0 Å². The first-order chi connectivity index (χ1) is 10.8. The van der Waals surface area contributed by atoms with Gasteiger partial charge in [0.05, 0.1) is 11.9 Å². The molecule has 3 aromatic rings. The lowest BCUT2D eigenvalue weighted by Gasteiger charge is -2.12. The second-order valence-electron chi connectivity index (χ2n) is 4.71. The summed E-state index contributed by atoms with van der Waals surface area (Å²) in [5.41, 5.74) is 3.19. The Morgan fingerprint density at radius 3 is 2.68 bits per heavy atom. The van der Waals surface area contributed by atoms with Crippen LogP contribution in [-0.2, 0) is 0 Å². The highest BCUT2D eigenvalue weighted by atomic mass is 35.5. The Kier molecular flexibility index (Phi) is 4.66. The smallest absolute Gasteiger partial charge is 0.173 e. The number of imidazole rings is 1. The minimum Gasteiger partial charge on any atom is -0.287 e. The Bertz CT molecular complexity index is 781. The van der Waals surface area contributed by atoms with E-state index in [9.17, 15) is 0 Å². The number of benzene rings is 2. The van der Waals surface area contributed by atoms with Gasteiger partial charge in [-0.1, -0.05) is 65.8 Å². The Hall–Kier alpha value is -1.97. The fraction of sp³-hybridized carbons (Fsp3) is 0.0556. The van der Waals surface area contributed by atoms with Crippen molar-refractivity contribution < 1.29 is 0 Å². The van der Waals surface area contributed by atoms with Crippen LogP contribution in [0.2, 0.25) is 5.02 Å². The molecular weight excluding hydrogens is 312 g/mol. The molecule has 22 heavy (non-hydrogen) atoms. The maximum atomic E-state index is 6.16. The van der Waals surface area contributed by atoms with Gasteiger partial charge in [-0.05, 0) is 18.2 Å². The van der Waals surface area contributed by atoms with E-state index >= 15 is 0 Å². The highest BCUT2D eigenvalue weighted by Crippen LogP contribution is 2.30. The number of hydrogen-bond acceptors (Lipinski definition) is 2. The molecule has 0 radical (unpaired) electrons. The summed E-state index contributed by atoms with van der Waals surface area (Å²) in [5.74, 6) is 0.811. The molecule has 110 valence electrons. The monoisotopic (exact) mass is 326 g/mol. The molecule has 0 N–H and O–H groups in total. The molecule has 0 atom stereocenters. The maximum absolute atomic E-state index is 6.16. The molecule has 0 fully saturated rings. The quantitative estimate of drug-likeness (QED) is 0.457.